The molecule has 0 aliphatic carbocycles. The van der Waals surface area contributed by atoms with Crippen LogP contribution in [0.15, 0.2) is 41.2 Å². The van der Waals surface area contributed by atoms with Crippen LogP contribution < -0.4 is 10.2 Å². The van der Waals surface area contributed by atoms with Gasteiger partial charge in [-0.2, -0.15) is 0 Å². The van der Waals surface area contributed by atoms with E-state index in [0.717, 1.165) is 40.2 Å². The third-order valence-electron chi connectivity index (χ3n) is 4.09. The number of carbonyl (C=O) groups is 1. The molecule has 0 aromatic carbocycles. The van der Waals surface area contributed by atoms with E-state index in [4.69, 9.17) is 0 Å². The normalized spacial score (nSPS) is 14.0. The molecule has 1 aliphatic rings. The summed E-state index contributed by atoms with van der Waals surface area (Å²) >= 11 is 3.23. The van der Waals surface area contributed by atoms with Crippen LogP contribution in [0, 0.1) is 0 Å². The number of pyridine rings is 1. The molecule has 1 fully saturated rings. The molecule has 1 N–H and O–H groups in total. The van der Waals surface area contributed by atoms with Crippen LogP contribution in [0.3, 0.4) is 0 Å². The summed E-state index contributed by atoms with van der Waals surface area (Å²) < 4.78 is 0. The second-order valence-corrected chi connectivity index (χ2v) is 7.75. The lowest BCUT2D eigenvalue weighted by Gasteiger charge is -2.16. The van der Waals surface area contributed by atoms with Crippen LogP contribution in [0.25, 0.3) is 9.88 Å². The molecule has 0 radical (unpaired) electrons. The van der Waals surface area contributed by atoms with Crippen molar-refractivity contribution in [3.05, 3.63) is 46.9 Å². The molecule has 1 amide bonds. The molecule has 0 unspecified atom stereocenters. The fourth-order valence-electron chi connectivity index (χ4n) is 2.86. The highest BCUT2D eigenvalue weighted by Gasteiger charge is 2.14. The molecule has 0 saturated carbocycles. The van der Waals surface area contributed by atoms with Crippen molar-refractivity contribution in [1.82, 2.24) is 9.97 Å². The minimum absolute atomic E-state index is 0.0706. The maximum Gasteiger partial charge on any atom is 0.230 e. The summed E-state index contributed by atoms with van der Waals surface area (Å²) in [6.07, 6.45) is 4.45. The highest BCUT2D eigenvalue weighted by molar-refractivity contribution is 7.20. The molecule has 0 spiro atoms. The summed E-state index contributed by atoms with van der Waals surface area (Å²) in [5.74, 6) is 0.911. The van der Waals surface area contributed by atoms with Gasteiger partial charge in [0.2, 0.25) is 5.91 Å². The monoisotopic (exact) mass is 370 g/mol. The van der Waals surface area contributed by atoms with Gasteiger partial charge in [0, 0.05) is 18.5 Å². The third kappa shape index (κ3) is 3.88. The average molecular weight is 371 g/mol. The Hall–Kier alpha value is -2.25. The van der Waals surface area contributed by atoms with E-state index in [-0.39, 0.29) is 12.3 Å². The van der Waals surface area contributed by atoms with Crippen molar-refractivity contribution in [2.24, 2.45) is 0 Å². The van der Waals surface area contributed by atoms with Gasteiger partial charge in [-0.3, -0.25) is 4.79 Å². The molecule has 0 bridgehead atoms. The fraction of sp³-hybridized carbons (Fsp3) is 0.278. The molecule has 7 heteroatoms. The fourth-order valence-corrected chi connectivity index (χ4v) is 4.50. The Morgan fingerprint density at radius 2 is 2.08 bits per heavy atom. The van der Waals surface area contributed by atoms with Crippen LogP contribution in [0.1, 0.15) is 18.5 Å². The first kappa shape index (κ1) is 16.2. The summed E-state index contributed by atoms with van der Waals surface area (Å²) in [5, 5.41) is 7.84. The van der Waals surface area contributed by atoms with Gasteiger partial charge < -0.3 is 10.2 Å². The molecule has 4 heterocycles. The number of rotatable bonds is 5. The van der Waals surface area contributed by atoms with Crippen LogP contribution in [0.4, 0.5) is 11.5 Å². The van der Waals surface area contributed by atoms with Crippen molar-refractivity contribution in [3.63, 3.8) is 0 Å². The quantitative estimate of drug-likeness (QED) is 0.736. The minimum Gasteiger partial charge on any atom is -0.357 e. The number of nitrogens with one attached hydrogen (secondary N) is 1. The van der Waals surface area contributed by atoms with Crippen molar-refractivity contribution in [2.45, 2.75) is 19.3 Å². The molecular weight excluding hydrogens is 352 g/mol. The van der Waals surface area contributed by atoms with E-state index in [1.54, 1.807) is 28.9 Å². The van der Waals surface area contributed by atoms with Crippen molar-refractivity contribution < 1.29 is 4.79 Å². The Balaban J connectivity index is 1.35. The van der Waals surface area contributed by atoms with E-state index < -0.39 is 0 Å². The summed E-state index contributed by atoms with van der Waals surface area (Å²) in [5.41, 5.74) is 1.52. The highest BCUT2D eigenvalue weighted by Crippen LogP contribution is 2.28. The lowest BCUT2D eigenvalue weighted by molar-refractivity contribution is -0.115. The van der Waals surface area contributed by atoms with E-state index in [2.05, 4.69) is 20.2 Å². The lowest BCUT2D eigenvalue weighted by atomic mass is 10.3. The molecule has 5 nitrogen and oxygen atoms in total. The van der Waals surface area contributed by atoms with Gasteiger partial charge in [0.05, 0.1) is 28.9 Å². The Bertz CT molecular complexity index is 836. The van der Waals surface area contributed by atoms with E-state index in [0.29, 0.717) is 0 Å². The van der Waals surface area contributed by atoms with Gasteiger partial charge in [0.25, 0.3) is 0 Å². The first-order valence-corrected chi connectivity index (χ1v) is 10.0. The van der Waals surface area contributed by atoms with E-state index in [1.165, 1.54) is 12.8 Å². The molecule has 1 saturated heterocycles. The number of thiophene rings is 1. The second-order valence-electron chi connectivity index (χ2n) is 5.95. The molecule has 0 atom stereocenters. The van der Waals surface area contributed by atoms with Crippen LogP contribution in [0.2, 0.25) is 0 Å². The number of hydrogen-bond donors (Lipinski definition) is 1. The summed E-state index contributed by atoms with van der Waals surface area (Å²) in [6, 6.07) is 7.93. The number of hydrogen-bond acceptors (Lipinski definition) is 6. The van der Waals surface area contributed by atoms with Crippen LogP contribution in [-0.4, -0.2) is 29.0 Å². The molecule has 3 aromatic heterocycles. The van der Waals surface area contributed by atoms with Crippen molar-refractivity contribution in [2.75, 3.05) is 23.3 Å². The number of nitrogens with zero attached hydrogens (tertiary/aromatic N) is 3. The van der Waals surface area contributed by atoms with Crippen molar-refractivity contribution in [3.8, 4) is 9.88 Å². The molecule has 3 aromatic rings. The van der Waals surface area contributed by atoms with Crippen LogP contribution in [0.5, 0.6) is 0 Å². The summed E-state index contributed by atoms with van der Waals surface area (Å²) in [7, 11) is 0. The first-order chi connectivity index (χ1) is 12.3. The molecule has 1 aliphatic heterocycles. The Morgan fingerprint density at radius 3 is 2.80 bits per heavy atom. The predicted molar refractivity (Wildman–Crippen MR) is 103 cm³/mol. The SMILES string of the molecule is O=C(Cc1csc(-c2cccs2)n1)Nc1ccc(N2CCCC2)nc1. The topological polar surface area (TPSA) is 58.1 Å². The molecular formula is C18H18N4OS2. The minimum atomic E-state index is -0.0706. The largest absolute Gasteiger partial charge is 0.357 e. The smallest absolute Gasteiger partial charge is 0.230 e. The highest BCUT2D eigenvalue weighted by atomic mass is 32.1. The maximum absolute atomic E-state index is 12.2. The van der Waals surface area contributed by atoms with E-state index in [9.17, 15) is 4.79 Å². The first-order valence-electron chi connectivity index (χ1n) is 8.27. The van der Waals surface area contributed by atoms with Gasteiger partial charge in [-0.15, -0.1) is 22.7 Å². The number of anilines is 2. The van der Waals surface area contributed by atoms with Gasteiger partial charge in [-0.05, 0) is 36.4 Å². The third-order valence-corrected chi connectivity index (χ3v) is 6.02. The zero-order valence-corrected chi connectivity index (χ0v) is 15.3. The summed E-state index contributed by atoms with van der Waals surface area (Å²) in [6.45, 7) is 2.13. The number of amides is 1. The van der Waals surface area contributed by atoms with E-state index in [1.807, 2.05) is 35.0 Å². The maximum atomic E-state index is 12.2. The zero-order chi connectivity index (χ0) is 17.1. The molecule has 4 rings (SSSR count). The predicted octanol–water partition coefficient (Wildman–Crippen LogP) is 4.05. The standard InChI is InChI=1S/C18H18N4OS2/c23-17(10-14-12-25-18(21-14)15-4-3-9-24-15)20-13-5-6-16(19-11-13)22-7-1-2-8-22/h3-6,9,11-12H,1-2,7-8,10H2,(H,20,23). The van der Waals surface area contributed by atoms with Crippen molar-refractivity contribution in [1.29, 1.82) is 0 Å². The van der Waals surface area contributed by atoms with Gasteiger partial charge in [0.1, 0.15) is 10.8 Å². The average Bonchev–Trinajstić information content (AvgIpc) is 3.37. The summed E-state index contributed by atoms with van der Waals surface area (Å²) in [4.78, 5) is 24.6. The Kier molecular flexibility index (Phi) is 4.76. The Labute approximate surface area is 154 Å². The number of aromatic nitrogens is 2. The Morgan fingerprint density at radius 1 is 1.20 bits per heavy atom. The molecule has 25 heavy (non-hydrogen) atoms. The van der Waals surface area contributed by atoms with Gasteiger partial charge >= 0.3 is 0 Å². The number of carbonyl (C=O) groups excluding carboxylic acids is 1. The van der Waals surface area contributed by atoms with E-state index >= 15 is 0 Å². The van der Waals surface area contributed by atoms with Gasteiger partial charge in [-0.1, -0.05) is 6.07 Å². The van der Waals surface area contributed by atoms with Gasteiger partial charge in [-0.25, -0.2) is 9.97 Å². The molecule has 128 valence electrons. The lowest BCUT2D eigenvalue weighted by Crippen LogP contribution is -2.19. The van der Waals surface area contributed by atoms with Crippen LogP contribution in [-0.2, 0) is 11.2 Å². The van der Waals surface area contributed by atoms with Crippen molar-refractivity contribution >= 4 is 40.1 Å². The van der Waals surface area contributed by atoms with Gasteiger partial charge in [0.15, 0.2) is 0 Å². The van der Waals surface area contributed by atoms with Crippen LogP contribution >= 0.6 is 22.7 Å². The second kappa shape index (κ2) is 7.33. The number of thiazole rings is 1. The zero-order valence-electron chi connectivity index (χ0n) is 13.6.